The second-order valence-electron chi connectivity index (χ2n) is 9.54. The first-order valence-corrected chi connectivity index (χ1v) is 12.5. The highest BCUT2D eigenvalue weighted by molar-refractivity contribution is 5.82. The van der Waals surface area contributed by atoms with Crippen LogP contribution in [0.2, 0.25) is 0 Å². The number of nitrogens with zero attached hydrogens (tertiary/aromatic N) is 1. The zero-order valence-electron chi connectivity index (χ0n) is 20.3. The van der Waals surface area contributed by atoms with E-state index in [4.69, 9.17) is 9.15 Å². The molecule has 35 heavy (non-hydrogen) atoms. The summed E-state index contributed by atoms with van der Waals surface area (Å²) < 4.78 is 11.5. The maximum atomic E-state index is 13.2. The molecule has 0 saturated heterocycles. The first kappa shape index (κ1) is 23.2. The highest BCUT2D eigenvalue weighted by Crippen LogP contribution is 2.41. The van der Waals surface area contributed by atoms with Crippen molar-refractivity contribution in [2.45, 2.75) is 58.2 Å². The molecule has 0 spiro atoms. The van der Waals surface area contributed by atoms with E-state index in [1.807, 2.05) is 30.0 Å². The number of ether oxygens (including phenoxy) is 1. The average Bonchev–Trinajstić information content (AvgIpc) is 3.60. The van der Waals surface area contributed by atoms with Crippen LogP contribution < -0.4 is 10.1 Å². The van der Waals surface area contributed by atoms with Crippen LogP contribution in [0.4, 0.5) is 0 Å². The van der Waals surface area contributed by atoms with Gasteiger partial charge >= 0.3 is 0 Å². The summed E-state index contributed by atoms with van der Waals surface area (Å²) in [5.74, 6) is 1.56. The molecule has 2 amide bonds. The second-order valence-corrected chi connectivity index (χ2v) is 9.54. The lowest BCUT2D eigenvalue weighted by molar-refractivity contribution is -0.134. The molecule has 1 aliphatic heterocycles. The molecule has 1 aromatic heterocycles. The molecule has 0 bridgehead atoms. The Labute approximate surface area is 206 Å². The summed E-state index contributed by atoms with van der Waals surface area (Å²) in [4.78, 5) is 28.0. The molecular weight excluding hydrogens is 440 g/mol. The summed E-state index contributed by atoms with van der Waals surface area (Å²) in [5, 5.41) is 2.89. The van der Waals surface area contributed by atoms with E-state index in [1.165, 1.54) is 11.1 Å². The number of fused-ring (bicyclic) bond motifs is 1. The van der Waals surface area contributed by atoms with Gasteiger partial charge in [0.1, 0.15) is 11.5 Å². The summed E-state index contributed by atoms with van der Waals surface area (Å²) in [5.41, 5.74) is 4.59. The first-order valence-electron chi connectivity index (χ1n) is 12.5. The largest absolute Gasteiger partial charge is 0.481 e. The maximum absolute atomic E-state index is 13.2. The van der Waals surface area contributed by atoms with Crippen molar-refractivity contribution in [1.29, 1.82) is 0 Å². The highest BCUT2D eigenvalue weighted by atomic mass is 16.5. The summed E-state index contributed by atoms with van der Waals surface area (Å²) in [7, 11) is 0. The second kappa shape index (κ2) is 9.98. The Morgan fingerprint density at radius 1 is 1.14 bits per heavy atom. The molecule has 2 aliphatic rings. The molecule has 2 aromatic carbocycles. The third kappa shape index (κ3) is 5.11. The van der Waals surface area contributed by atoms with Crippen LogP contribution in [-0.2, 0) is 22.6 Å². The molecule has 2 heterocycles. The van der Waals surface area contributed by atoms with E-state index in [-0.39, 0.29) is 23.8 Å². The Hall–Kier alpha value is -3.54. The standard InChI is InChI=1S/C29H32N2O4/c1-3-26(28(32)30-18-24-5-4-16-34-24)35-23-13-12-20-14-15-31(29(33)22-10-11-22)27(25(20)17-23)21-8-6-19(2)7-9-21/h4-9,12-13,16-17,22,26-27H,3,10-11,14-15,18H2,1-2H3,(H,30,32)/t26-,27+/m0/s1. The minimum absolute atomic E-state index is 0.149. The quantitative estimate of drug-likeness (QED) is 0.504. The molecule has 0 radical (unpaired) electrons. The monoisotopic (exact) mass is 472 g/mol. The molecule has 1 fully saturated rings. The number of rotatable bonds is 8. The number of benzene rings is 2. The van der Waals surface area contributed by atoms with E-state index in [0.29, 0.717) is 31.0 Å². The van der Waals surface area contributed by atoms with Crippen LogP contribution in [0.3, 0.4) is 0 Å². The topological polar surface area (TPSA) is 71.8 Å². The van der Waals surface area contributed by atoms with Gasteiger partial charge in [-0.2, -0.15) is 0 Å². The van der Waals surface area contributed by atoms with Crippen molar-refractivity contribution in [3.63, 3.8) is 0 Å². The van der Waals surface area contributed by atoms with Gasteiger partial charge in [0.15, 0.2) is 6.10 Å². The van der Waals surface area contributed by atoms with Crippen molar-refractivity contribution in [2.75, 3.05) is 6.54 Å². The number of furan rings is 1. The highest BCUT2D eigenvalue weighted by Gasteiger charge is 2.39. The van der Waals surface area contributed by atoms with Gasteiger partial charge in [-0.3, -0.25) is 9.59 Å². The average molecular weight is 473 g/mol. The van der Waals surface area contributed by atoms with Gasteiger partial charge in [0.2, 0.25) is 5.91 Å². The number of hydrogen-bond acceptors (Lipinski definition) is 4. The minimum Gasteiger partial charge on any atom is -0.481 e. The Balaban J connectivity index is 1.40. The Kier molecular flexibility index (Phi) is 6.62. The van der Waals surface area contributed by atoms with Gasteiger partial charge in [0, 0.05) is 12.5 Å². The van der Waals surface area contributed by atoms with E-state index in [2.05, 4.69) is 42.6 Å². The number of carbonyl (C=O) groups excluding carboxylic acids is 2. The van der Waals surface area contributed by atoms with Gasteiger partial charge < -0.3 is 19.4 Å². The molecule has 1 aliphatic carbocycles. The van der Waals surface area contributed by atoms with Gasteiger partial charge in [0.25, 0.3) is 5.91 Å². The molecule has 182 valence electrons. The number of nitrogens with one attached hydrogen (secondary N) is 1. The molecular formula is C29H32N2O4. The SMILES string of the molecule is CC[C@H](Oc1ccc2c(c1)[C@@H](c1ccc(C)cc1)N(C(=O)C1CC1)CC2)C(=O)NCc1ccco1. The van der Waals surface area contributed by atoms with E-state index < -0.39 is 6.10 Å². The lowest BCUT2D eigenvalue weighted by Gasteiger charge is -2.38. The van der Waals surface area contributed by atoms with Crippen molar-refractivity contribution in [1.82, 2.24) is 10.2 Å². The predicted molar refractivity (Wildman–Crippen MR) is 133 cm³/mol. The molecule has 1 N–H and O–H groups in total. The lowest BCUT2D eigenvalue weighted by atomic mass is 9.87. The summed E-state index contributed by atoms with van der Waals surface area (Å²) in [6, 6.07) is 17.9. The molecule has 3 aromatic rings. The van der Waals surface area contributed by atoms with Crippen LogP contribution in [0.25, 0.3) is 0 Å². The summed E-state index contributed by atoms with van der Waals surface area (Å²) in [6.07, 6.45) is 4.29. The van der Waals surface area contributed by atoms with Crippen LogP contribution in [0, 0.1) is 12.8 Å². The Bertz CT molecular complexity index is 1180. The lowest BCUT2D eigenvalue weighted by Crippen LogP contribution is -2.41. The number of carbonyl (C=O) groups is 2. The fourth-order valence-electron chi connectivity index (χ4n) is 4.76. The fraction of sp³-hybridized carbons (Fsp3) is 0.379. The zero-order valence-corrected chi connectivity index (χ0v) is 20.3. The minimum atomic E-state index is -0.617. The van der Waals surface area contributed by atoms with E-state index >= 15 is 0 Å². The van der Waals surface area contributed by atoms with E-state index in [1.54, 1.807) is 12.3 Å². The van der Waals surface area contributed by atoms with Crippen LogP contribution in [0.1, 0.15) is 60.2 Å². The third-order valence-corrected chi connectivity index (χ3v) is 6.91. The zero-order chi connectivity index (χ0) is 24.4. The normalized spacial score (nSPS) is 18.0. The number of amides is 2. The van der Waals surface area contributed by atoms with Crippen molar-refractivity contribution in [3.8, 4) is 5.75 Å². The third-order valence-electron chi connectivity index (χ3n) is 6.91. The Morgan fingerprint density at radius 3 is 2.63 bits per heavy atom. The van der Waals surface area contributed by atoms with Crippen LogP contribution in [-0.4, -0.2) is 29.4 Å². The molecule has 0 unspecified atom stereocenters. The molecule has 2 atom stereocenters. The molecule has 6 heteroatoms. The van der Waals surface area contributed by atoms with Gasteiger partial charge in [-0.05, 0) is 73.6 Å². The number of aryl methyl sites for hydroxylation is 1. The van der Waals surface area contributed by atoms with Gasteiger partial charge in [0.05, 0.1) is 18.8 Å². The van der Waals surface area contributed by atoms with Crippen LogP contribution in [0.15, 0.2) is 65.3 Å². The predicted octanol–water partition coefficient (Wildman–Crippen LogP) is 4.95. The first-order chi connectivity index (χ1) is 17.0. The summed E-state index contributed by atoms with van der Waals surface area (Å²) in [6.45, 7) is 5.04. The van der Waals surface area contributed by atoms with Crippen molar-refractivity contribution in [2.24, 2.45) is 5.92 Å². The van der Waals surface area contributed by atoms with Crippen molar-refractivity contribution < 1.29 is 18.7 Å². The maximum Gasteiger partial charge on any atom is 0.261 e. The van der Waals surface area contributed by atoms with Gasteiger partial charge in [-0.25, -0.2) is 0 Å². The van der Waals surface area contributed by atoms with Gasteiger partial charge in [-0.15, -0.1) is 0 Å². The fourth-order valence-corrected chi connectivity index (χ4v) is 4.76. The Morgan fingerprint density at radius 2 is 1.94 bits per heavy atom. The molecule has 6 nitrogen and oxygen atoms in total. The van der Waals surface area contributed by atoms with Gasteiger partial charge in [-0.1, -0.05) is 42.8 Å². The van der Waals surface area contributed by atoms with E-state index in [9.17, 15) is 9.59 Å². The van der Waals surface area contributed by atoms with Crippen molar-refractivity contribution >= 4 is 11.8 Å². The van der Waals surface area contributed by atoms with Crippen LogP contribution in [0.5, 0.6) is 5.75 Å². The van der Waals surface area contributed by atoms with Crippen LogP contribution >= 0.6 is 0 Å². The summed E-state index contributed by atoms with van der Waals surface area (Å²) >= 11 is 0. The molecule has 5 rings (SSSR count). The van der Waals surface area contributed by atoms with E-state index in [0.717, 1.165) is 30.4 Å². The molecule has 1 saturated carbocycles. The van der Waals surface area contributed by atoms with Crippen molar-refractivity contribution in [3.05, 3.63) is 88.9 Å². The number of hydrogen-bond donors (Lipinski definition) is 1. The smallest absolute Gasteiger partial charge is 0.261 e.